The van der Waals surface area contributed by atoms with Crippen molar-refractivity contribution in [2.75, 3.05) is 7.05 Å². The molecule has 2 N–H and O–H groups in total. The van der Waals surface area contributed by atoms with Crippen molar-refractivity contribution in [1.29, 1.82) is 0 Å². The second-order valence-electron chi connectivity index (χ2n) is 4.41. The molecule has 0 spiro atoms. The molecule has 1 rings (SSSR count). The van der Waals surface area contributed by atoms with E-state index in [1.54, 1.807) is 33.0 Å². The van der Waals surface area contributed by atoms with Crippen LogP contribution in [0.4, 0.5) is 4.39 Å². The van der Waals surface area contributed by atoms with E-state index in [1.165, 1.54) is 6.07 Å². The lowest BCUT2D eigenvalue weighted by atomic mass is 9.80. The molecule has 0 bridgehead atoms. The first-order chi connectivity index (χ1) is 7.80. The number of nitrogens with one attached hydrogen (secondary N) is 1. The van der Waals surface area contributed by atoms with E-state index >= 15 is 0 Å². The average molecular weight is 304 g/mol. The summed E-state index contributed by atoms with van der Waals surface area (Å²) in [5, 5.41) is 12.1. The van der Waals surface area contributed by atoms with Gasteiger partial charge in [-0.05, 0) is 39.1 Å². The summed E-state index contributed by atoms with van der Waals surface area (Å²) in [5.41, 5.74) is -0.759. The molecule has 0 fully saturated rings. The summed E-state index contributed by atoms with van der Waals surface area (Å²) < 4.78 is 14.5. The summed E-state index contributed by atoms with van der Waals surface area (Å²) in [6, 6.07) is 3.90. The molecule has 0 heterocycles. The van der Waals surface area contributed by atoms with E-state index in [-0.39, 0.29) is 0 Å². The van der Waals surface area contributed by atoms with E-state index in [0.717, 1.165) is 4.47 Å². The Balaban J connectivity index is 3.27. The van der Waals surface area contributed by atoms with Gasteiger partial charge in [-0.3, -0.25) is 4.79 Å². The Labute approximate surface area is 108 Å². The maximum atomic E-state index is 13.7. The fourth-order valence-electron chi connectivity index (χ4n) is 1.76. The predicted molar refractivity (Wildman–Crippen MR) is 67.3 cm³/mol. The Kier molecular flexibility index (Phi) is 4.27. The van der Waals surface area contributed by atoms with Gasteiger partial charge in [0.25, 0.3) is 0 Å². The molecule has 3 nitrogen and oxygen atoms in total. The van der Waals surface area contributed by atoms with Crippen molar-refractivity contribution < 1.29 is 14.3 Å². The lowest BCUT2D eigenvalue weighted by Crippen LogP contribution is -2.38. The number of aliphatic carboxylic acids is 1. The van der Waals surface area contributed by atoms with Gasteiger partial charge in [0, 0.05) is 10.0 Å². The molecule has 94 valence electrons. The highest BCUT2D eigenvalue weighted by Crippen LogP contribution is 2.35. The van der Waals surface area contributed by atoms with Gasteiger partial charge >= 0.3 is 5.97 Å². The Hall–Kier alpha value is -0.940. The molecule has 1 aromatic carbocycles. The van der Waals surface area contributed by atoms with Gasteiger partial charge in [-0.25, -0.2) is 4.39 Å². The first kappa shape index (κ1) is 14.1. The van der Waals surface area contributed by atoms with E-state index < -0.39 is 23.2 Å². The molecule has 0 aliphatic rings. The molecule has 0 aliphatic heterocycles. The Morgan fingerprint density at radius 3 is 2.59 bits per heavy atom. The number of halogens is 2. The molecule has 1 atom stereocenters. The maximum absolute atomic E-state index is 13.7. The minimum atomic E-state index is -1.10. The van der Waals surface area contributed by atoms with Crippen molar-refractivity contribution in [3.05, 3.63) is 34.1 Å². The first-order valence-corrected chi connectivity index (χ1v) is 5.95. The molecular weight excluding hydrogens is 289 g/mol. The zero-order chi connectivity index (χ0) is 13.2. The lowest BCUT2D eigenvalue weighted by molar-refractivity contribution is -0.148. The SMILES string of the molecule is CNC(c1cc(Br)ccc1F)C(C)(C)C(=O)O. The summed E-state index contributed by atoms with van der Waals surface area (Å²) >= 11 is 3.26. The molecule has 0 aromatic heterocycles. The van der Waals surface area contributed by atoms with Crippen LogP contribution in [-0.2, 0) is 4.79 Å². The molecule has 17 heavy (non-hydrogen) atoms. The van der Waals surface area contributed by atoms with Gasteiger partial charge in [0.05, 0.1) is 11.5 Å². The third-order valence-corrected chi connectivity index (χ3v) is 3.32. The highest BCUT2D eigenvalue weighted by molar-refractivity contribution is 9.10. The van der Waals surface area contributed by atoms with E-state index in [0.29, 0.717) is 5.56 Å². The third-order valence-electron chi connectivity index (χ3n) is 2.83. The summed E-state index contributed by atoms with van der Waals surface area (Å²) in [5.74, 6) is -1.39. The van der Waals surface area contributed by atoms with E-state index in [9.17, 15) is 14.3 Å². The summed E-state index contributed by atoms with van der Waals surface area (Å²) in [7, 11) is 1.62. The third kappa shape index (κ3) is 2.84. The number of carboxylic acid groups (broad SMARTS) is 1. The molecule has 0 saturated carbocycles. The van der Waals surface area contributed by atoms with Crippen LogP contribution in [0, 0.1) is 11.2 Å². The molecule has 1 unspecified atom stereocenters. The fourth-order valence-corrected chi connectivity index (χ4v) is 2.14. The molecule has 0 radical (unpaired) electrons. The van der Waals surface area contributed by atoms with Gasteiger partial charge in [-0.15, -0.1) is 0 Å². The standard InChI is InChI=1S/C12H15BrFNO2/c1-12(2,11(16)17)10(15-3)8-6-7(13)4-5-9(8)14/h4-6,10,15H,1-3H3,(H,16,17). The predicted octanol–water partition coefficient (Wildman–Crippen LogP) is 2.96. The zero-order valence-corrected chi connectivity index (χ0v) is 11.5. The monoisotopic (exact) mass is 303 g/mol. The van der Waals surface area contributed by atoms with Gasteiger partial charge in [0.2, 0.25) is 0 Å². The highest BCUT2D eigenvalue weighted by atomic mass is 79.9. The molecule has 1 aromatic rings. The van der Waals surface area contributed by atoms with Crippen LogP contribution in [0.5, 0.6) is 0 Å². The largest absolute Gasteiger partial charge is 0.481 e. The second-order valence-corrected chi connectivity index (χ2v) is 5.33. The Bertz CT molecular complexity index is 435. The number of hydrogen-bond donors (Lipinski definition) is 2. The van der Waals surface area contributed by atoms with Crippen LogP contribution in [0.1, 0.15) is 25.5 Å². The number of hydrogen-bond acceptors (Lipinski definition) is 2. The number of rotatable bonds is 4. The van der Waals surface area contributed by atoms with Crippen molar-refractivity contribution in [1.82, 2.24) is 5.32 Å². The minimum absolute atomic E-state index is 0.342. The topological polar surface area (TPSA) is 49.3 Å². The van der Waals surface area contributed by atoms with Gasteiger partial charge in [0.15, 0.2) is 0 Å². The van der Waals surface area contributed by atoms with E-state index in [1.807, 2.05) is 0 Å². The van der Waals surface area contributed by atoms with Crippen molar-refractivity contribution in [2.24, 2.45) is 5.41 Å². The molecule has 0 aliphatic carbocycles. The Morgan fingerprint density at radius 1 is 1.53 bits per heavy atom. The fraction of sp³-hybridized carbons (Fsp3) is 0.417. The molecule has 0 amide bonds. The van der Waals surface area contributed by atoms with Crippen LogP contribution >= 0.6 is 15.9 Å². The number of benzene rings is 1. The smallest absolute Gasteiger partial charge is 0.311 e. The van der Waals surface area contributed by atoms with Crippen LogP contribution in [0.3, 0.4) is 0 Å². The molecular formula is C12H15BrFNO2. The number of carbonyl (C=O) groups is 1. The highest BCUT2D eigenvalue weighted by Gasteiger charge is 2.38. The molecule has 5 heteroatoms. The maximum Gasteiger partial charge on any atom is 0.311 e. The summed E-state index contributed by atoms with van der Waals surface area (Å²) in [6.45, 7) is 3.13. The van der Waals surface area contributed by atoms with Crippen molar-refractivity contribution in [3.8, 4) is 0 Å². The summed E-state index contributed by atoms with van der Waals surface area (Å²) in [4.78, 5) is 11.2. The van der Waals surface area contributed by atoms with Crippen LogP contribution < -0.4 is 5.32 Å². The zero-order valence-electron chi connectivity index (χ0n) is 9.92. The van der Waals surface area contributed by atoms with Crippen LogP contribution in [0.2, 0.25) is 0 Å². The quantitative estimate of drug-likeness (QED) is 0.899. The lowest BCUT2D eigenvalue weighted by Gasteiger charge is -2.30. The van der Waals surface area contributed by atoms with E-state index in [4.69, 9.17) is 0 Å². The van der Waals surface area contributed by atoms with Crippen molar-refractivity contribution in [2.45, 2.75) is 19.9 Å². The van der Waals surface area contributed by atoms with Crippen LogP contribution in [-0.4, -0.2) is 18.1 Å². The van der Waals surface area contributed by atoms with Gasteiger partial charge < -0.3 is 10.4 Å². The normalized spacial score (nSPS) is 13.5. The van der Waals surface area contributed by atoms with Gasteiger partial charge in [0.1, 0.15) is 5.82 Å². The number of carboxylic acids is 1. The second kappa shape index (κ2) is 5.14. The summed E-state index contributed by atoms with van der Waals surface area (Å²) in [6.07, 6.45) is 0. The van der Waals surface area contributed by atoms with Crippen LogP contribution in [0.25, 0.3) is 0 Å². The van der Waals surface area contributed by atoms with Crippen molar-refractivity contribution >= 4 is 21.9 Å². The van der Waals surface area contributed by atoms with Crippen LogP contribution in [0.15, 0.2) is 22.7 Å². The van der Waals surface area contributed by atoms with Crippen molar-refractivity contribution in [3.63, 3.8) is 0 Å². The molecule has 0 saturated heterocycles. The van der Waals surface area contributed by atoms with Gasteiger partial charge in [-0.1, -0.05) is 15.9 Å². The Morgan fingerprint density at radius 2 is 2.12 bits per heavy atom. The minimum Gasteiger partial charge on any atom is -0.481 e. The average Bonchev–Trinajstić information content (AvgIpc) is 2.23. The van der Waals surface area contributed by atoms with Gasteiger partial charge in [-0.2, -0.15) is 0 Å². The van der Waals surface area contributed by atoms with E-state index in [2.05, 4.69) is 21.2 Å². The first-order valence-electron chi connectivity index (χ1n) is 5.16.